The summed E-state index contributed by atoms with van der Waals surface area (Å²) in [4.78, 5) is 0. The first-order valence-electron chi connectivity index (χ1n) is 6.41. The number of hydrogen-bond acceptors (Lipinski definition) is 0. The predicted molar refractivity (Wildman–Crippen MR) is 53.2 cm³/mol. The van der Waals surface area contributed by atoms with E-state index in [1.165, 1.54) is 0 Å². The quantitative estimate of drug-likeness (QED) is 0.420. The lowest BCUT2D eigenvalue weighted by Gasteiger charge is -2.46. The Balaban J connectivity index is 2.47. The van der Waals surface area contributed by atoms with E-state index in [-0.39, 0.29) is 0 Å². The van der Waals surface area contributed by atoms with Crippen molar-refractivity contribution in [1.29, 1.82) is 0 Å². The molecule has 12 heteroatoms. The first-order valence-corrected chi connectivity index (χ1v) is 6.41. The van der Waals surface area contributed by atoms with E-state index in [0.717, 1.165) is 0 Å². The highest BCUT2D eigenvalue weighted by atomic mass is 19.4. The van der Waals surface area contributed by atoms with E-state index in [0.29, 0.717) is 12.2 Å². The summed E-state index contributed by atoms with van der Waals surface area (Å²) < 4.78 is 166. The van der Waals surface area contributed by atoms with Crippen LogP contribution in [0.3, 0.4) is 0 Å². The summed E-state index contributed by atoms with van der Waals surface area (Å²) in [6, 6.07) is 0. The van der Waals surface area contributed by atoms with Crippen LogP contribution < -0.4 is 0 Å². The van der Waals surface area contributed by atoms with Gasteiger partial charge in [-0.2, -0.15) is 43.9 Å². The minimum absolute atomic E-state index is 0.324. The predicted octanol–water partition coefficient (Wildman–Crippen LogP) is 4.80. The number of alkyl halides is 12. The zero-order valence-corrected chi connectivity index (χ0v) is 11.1. The first-order chi connectivity index (χ1) is 10.5. The number of allylic oxidation sites excluding steroid dienone is 2. The lowest BCUT2D eigenvalue weighted by Crippen LogP contribution is -2.71. The average Bonchev–Trinajstić information content (AvgIpc) is 2.99. The molecule has 0 aromatic rings. The van der Waals surface area contributed by atoms with Crippen LogP contribution in [0.2, 0.25) is 0 Å². The Bertz CT molecular complexity index is 572. The Kier molecular flexibility index (Phi) is 2.84. The minimum atomic E-state index is -7.41. The fourth-order valence-electron chi connectivity index (χ4n) is 3.80. The lowest BCUT2D eigenvalue weighted by molar-refractivity contribution is -0.395. The van der Waals surface area contributed by atoms with Gasteiger partial charge in [-0.05, 0) is 6.42 Å². The summed E-state index contributed by atoms with van der Waals surface area (Å²) in [6.45, 7) is 0. The SMILES string of the molecule is FC1(F)C(F)(F)C(F)(F)[C@]2(F)[C@@H]3C=C[C@@H](C3)[C@]2(F)C(F)(F)C1(F)F. The van der Waals surface area contributed by atoms with Crippen LogP contribution in [-0.2, 0) is 0 Å². The standard InChI is InChI=1S/C12H6F12/c13-6-4-1-2-5(3-4)7(6,14)9(17,18)11(21,22)12(23,24)10(19,20)8(6,15)16/h1-2,4-5H,3H2/t4-,5+,6+,7-. The molecule has 0 radical (unpaired) electrons. The average molecular weight is 378 g/mol. The van der Waals surface area contributed by atoms with Crippen LogP contribution in [0.15, 0.2) is 12.2 Å². The topological polar surface area (TPSA) is 0 Å². The molecule has 3 aliphatic carbocycles. The summed E-state index contributed by atoms with van der Waals surface area (Å²) in [6.07, 6.45) is -0.607. The second-order valence-corrected chi connectivity index (χ2v) is 6.13. The molecule has 0 saturated heterocycles. The molecule has 3 rings (SSSR count). The molecule has 3 aliphatic rings. The van der Waals surface area contributed by atoms with Crippen molar-refractivity contribution in [3.05, 3.63) is 12.2 Å². The van der Waals surface area contributed by atoms with E-state index in [1.54, 1.807) is 0 Å². The highest BCUT2D eigenvalue weighted by Crippen LogP contribution is 2.76. The van der Waals surface area contributed by atoms with Gasteiger partial charge in [-0.25, -0.2) is 8.78 Å². The van der Waals surface area contributed by atoms with Crippen molar-refractivity contribution in [1.82, 2.24) is 0 Å². The molecule has 138 valence electrons. The molecule has 0 aromatic heterocycles. The summed E-state index contributed by atoms with van der Waals surface area (Å²) in [5.74, 6) is -41.0. The van der Waals surface area contributed by atoms with E-state index in [1.807, 2.05) is 0 Å². The fraction of sp³-hybridized carbons (Fsp3) is 0.833. The molecule has 0 N–H and O–H groups in total. The second-order valence-electron chi connectivity index (χ2n) is 6.13. The molecule has 0 amide bonds. The van der Waals surface area contributed by atoms with Gasteiger partial charge in [-0.15, -0.1) is 0 Å². The molecule has 0 aliphatic heterocycles. The van der Waals surface area contributed by atoms with Crippen molar-refractivity contribution in [3.63, 3.8) is 0 Å². The maximum Gasteiger partial charge on any atom is 0.384 e. The fourth-order valence-corrected chi connectivity index (χ4v) is 3.80. The number of halogens is 12. The van der Waals surface area contributed by atoms with Crippen molar-refractivity contribution < 1.29 is 52.7 Å². The molecule has 0 unspecified atom stereocenters. The molecule has 2 fully saturated rings. The lowest BCUT2D eigenvalue weighted by atomic mass is 9.70. The van der Waals surface area contributed by atoms with Gasteiger partial charge in [0.2, 0.25) is 11.3 Å². The van der Waals surface area contributed by atoms with Crippen molar-refractivity contribution in [2.45, 2.75) is 47.4 Å². The molecule has 2 bridgehead atoms. The maximum absolute atomic E-state index is 14.7. The van der Waals surface area contributed by atoms with Crippen LogP contribution in [0.25, 0.3) is 0 Å². The van der Waals surface area contributed by atoms with Gasteiger partial charge in [0.25, 0.3) is 0 Å². The third kappa shape index (κ3) is 1.20. The molecule has 0 spiro atoms. The van der Waals surface area contributed by atoms with Gasteiger partial charge in [0.1, 0.15) is 0 Å². The first kappa shape index (κ1) is 17.7. The summed E-state index contributed by atoms with van der Waals surface area (Å²) in [7, 11) is 0. The zero-order valence-electron chi connectivity index (χ0n) is 11.1. The normalized spacial score (nSPS) is 48.8. The molecule has 24 heavy (non-hydrogen) atoms. The van der Waals surface area contributed by atoms with E-state index in [9.17, 15) is 52.7 Å². The summed E-state index contributed by atoms with van der Waals surface area (Å²) >= 11 is 0. The van der Waals surface area contributed by atoms with Gasteiger partial charge in [-0.3, -0.25) is 0 Å². The Morgan fingerprint density at radius 2 is 0.708 bits per heavy atom. The molecular formula is C12H6F12. The molecule has 0 aromatic carbocycles. The number of rotatable bonds is 0. The van der Waals surface area contributed by atoms with Crippen molar-refractivity contribution in [3.8, 4) is 0 Å². The van der Waals surface area contributed by atoms with Crippen molar-refractivity contribution in [2.24, 2.45) is 11.8 Å². The van der Waals surface area contributed by atoms with Crippen LogP contribution in [0.1, 0.15) is 6.42 Å². The van der Waals surface area contributed by atoms with E-state index in [2.05, 4.69) is 0 Å². The van der Waals surface area contributed by atoms with Crippen molar-refractivity contribution in [2.75, 3.05) is 0 Å². The van der Waals surface area contributed by atoms with Gasteiger partial charge in [0.15, 0.2) is 0 Å². The van der Waals surface area contributed by atoms with E-state index < -0.39 is 59.2 Å². The Morgan fingerprint density at radius 3 is 1.00 bits per heavy atom. The Morgan fingerprint density at radius 1 is 0.458 bits per heavy atom. The monoisotopic (exact) mass is 378 g/mol. The smallest absolute Gasteiger partial charge is 0.232 e. The Hall–Kier alpha value is -1.10. The third-order valence-corrected chi connectivity index (χ3v) is 5.13. The second kappa shape index (κ2) is 3.84. The third-order valence-electron chi connectivity index (χ3n) is 5.13. The van der Waals surface area contributed by atoms with Crippen LogP contribution >= 0.6 is 0 Å². The summed E-state index contributed by atoms with van der Waals surface area (Å²) in [5.41, 5.74) is -11.3. The van der Waals surface area contributed by atoms with Gasteiger partial charge >= 0.3 is 29.6 Å². The zero-order chi connectivity index (χ0) is 18.8. The summed E-state index contributed by atoms with van der Waals surface area (Å²) in [5, 5.41) is 0. The molecule has 4 atom stereocenters. The molecule has 0 nitrogen and oxygen atoms in total. The number of fused-ring (bicyclic) bond motifs is 5. The van der Waals surface area contributed by atoms with Crippen LogP contribution in [0, 0.1) is 11.8 Å². The largest absolute Gasteiger partial charge is 0.384 e. The Labute approximate surface area is 125 Å². The van der Waals surface area contributed by atoms with E-state index >= 15 is 0 Å². The molecule has 0 heterocycles. The van der Waals surface area contributed by atoms with Gasteiger partial charge in [0, 0.05) is 11.8 Å². The van der Waals surface area contributed by atoms with E-state index in [4.69, 9.17) is 0 Å². The van der Waals surface area contributed by atoms with Crippen molar-refractivity contribution >= 4 is 0 Å². The van der Waals surface area contributed by atoms with Gasteiger partial charge in [-0.1, -0.05) is 12.2 Å². The van der Waals surface area contributed by atoms with Gasteiger partial charge < -0.3 is 0 Å². The molecule has 2 saturated carbocycles. The van der Waals surface area contributed by atoms with Crippen LogP contribution in [0.5, 0.6) is 0 Å². The highest BCUT2D eigenvalue weighted by molar-refractivity contribution is 5.40. The minimum Gasteiger partial charge on any atom is -0.232 e. The van der Waals surface area contributed by atoms with Crippen LogP contribution in [-0.4, -0.2) is 41.0 Å². The van der Waals surface area contributed by atoms with Gasteiger partial charge in [0.05, 0.1) is 0 Å². The highest BCUT2D eigenvalue weighted by Gasteiger charge is 3.03. The number of hydrogen-bond donors (Lipinski definition) is 0. The molecular weight excluding hydrogens is 372 g/mol. The maximum atomic E-state index is 14.7. The van der Waals surface area contributed by atoms with Crippen LogP contribution in [0.4, 0.5) is 52.7 Å².